The van der Waals surface area contributed by atoms with Crippen LogP contribution in [-0.2, 0) is 11.2 Å². The van der Waals surface area contributed by atoms with Crippen molar-refractivity contribution in [3.05, 3.63) is 72.0 Å². The van der Waals surface area contributed by atoms with Crippen molar-refractivity contribution < 1.29 is 18.3 Å². The Morgan fingerprint density at radius 1 is 1.17 bits per heavy atom. The number of aryl methyl sites for hydroxylation is 1. The van der Waals surface area contributed by atoms with Crippen LogP contribution in [0.4, 0.5) is 4.39 Å². The summed E-state index contributed by atoms with van der Waals surface area (Å²) in [6.07, 6.45) is 2.25. The van der Waals surface area contributed by atoms with Gasteiger partial charge in [-0.3, -0.25) is 4.79 Å². The molecule has 1 unspecified atom stereocenters. The van der Waals surface area contributed by atoms with Gasteiger partial charge in [0.15, 0.2) is 11.7 Å². The van der Waals surface area contributed by atoms with E-state index in [-0.39, 0.29) is 24.2 Å². The second-order valence-corrected chi connectivity index (χ2v) is 7.18. The molecule has 3 aromatic rings. The lowest BCUT2D eigenvalue weighted by atomic mass is 10.1. The number of rotatable bonds is 9. The lowest BCUT2D eigenvalue weighted by Gasteiger charge is -2.25. The Morgan fingerprint density at radius 3 is 2.50 bits per heavy atom. The Balaban J connectivity index is 1.51. The van der Waals surface area contributed by atoms with Crippen molar-refractivity contribution >= 4 is 5.91 Å². The fourth-order valence-corrected chi connectivity index (χ4v) is 3.12. The minimum absolute atomic E-state index is 0.0478. The van der Waals surface area contributed by atoms with E-state index < -0.39 is 0 Å². The van der Waals surface area contributed by atoms with Crippen molar-refractivity contribution in [1.82, 2.24) is 15.2 Å². The number of hydrogen-bond donors (Lipinski definition) is 1. The predicted octanol–water partition coefficient (Wildman–Crippen LogP) is 3.84. The van der Waals surface area contributed by atoms with E-state index in [1.54, 1.807) is 25.4 Å². The molecule has 2 aromatic carbocycles. The van der Waals surface area contributed by atoms with Crippen molar-refractivity contribution in [2.24, 2.45) is 0 Å². The van der Waals surface area contributed by atoms with Gasteiger partial charge >= 0.3 is 0 Å². The Morgan fingerprint density at radius 2 is 1.87 bits per heavy atom. The Kier molecular flexibility index (Phi) is 7.19. The quantitative estimate of drug-likeness (QED) is 0.579. The number of nitrogens with one attached hydrogen (secondary N) is 1. The first kappa shape index (κ1) is 21.5. The van der Waals surface area contributed by atoms with Crippen LogP contribution in [0, 0.1) is 5.82 Å². The van der Waals surface area contributed by atoms with Gasteiger partial charge < -0.3 is 19.4 Å². The molecular formula is C23H26FN3O3. The van der Waals surface area contributed by atoms with E-state index in [9.17, 15) is 9.18 Å². The fraction of sp³-hybridized carbons (Fsp3) is 0.304. The van der Waals surface area contributed by atoms with E-state index >= 15 is 0 Å². The summed E-state index contributed by atoms with van der Waals surface area (Å²) in [4.78, 5) is 18.6. The number of ether oxygens (including phenoxy) is 1. The molecule has 1 N–H and O–H groups in total. The Bertz CT molecular complexity index is 953. The lowest BCUT2D eigenvalue weighted by molar-refractivity contribution is -0.121. The second-order valence-electron chi connectivity index (χ2n) is 7.18. The summed E-state index contributed by atoms with van der Waals surface area (Å²) in [6, 6.07) is 13.9. The van der Waals surface area contributed by atoms with E-state index in [4.69, 9.17) is 9.15 Å². The summed E-state index contributed by atoms with van der Waals surface area (Å²) in [5, 5.41) is 2.98. The van der Waals surface area contributed by atoms with Gasteiger partial charge in [0.1, 0.15) is 11.6 Å². The fourth-order valence-electron chi connectivity index (χ4n) is 3.12. The van der Waals surface area contributed by atoms with Crippen LogP contribution in [0.2, 0.25) is 0 Å². The Labute approximate surface area is 175 Å². The van der Waals surface area contributed by atoms with Crippen molar-refractivity contribution in [1.29, 1.82) is 0 Å². The van der Waals surface area contributed by atoms with Crippen LogP contribution >= 0.6 is 0 Å². The molecule has 1 heterocycles. The number of carbonyl (C=O) groups excluding carboxylic acids is 1. The summed E-state index contributed by atoms with van der Waals surface area (Å²) in [7, 11) is 5.59. The minimum atomic E-state index is -0.305. The highest BCUT2D eigenvalue weighted by Crippen LogP contribution is 2.22. The average molecular weight is 411 g/mol. The van der Waals surface area contributed by atoms with Crippen molar-refractivity contribution in [3.8, 4) is 17.1 Å². The van der Waals surface area contributed by atoms with Gasteiger partial charge in [-0.2, -0.15) is 0 Å². The van der Waals surface area contributed by atoms with Gasteiger partial charge in [-0.05, 0) is 56.1 Å². The minimum Gasteiger partial charge on any atom is -0.497 e. The van der Waals surface area contributed by atoms with Crippen molar-refractivity contribution in [3.63, 3.8) is 0 Å². The largest absolute Gasteiger partial charge is 0.497 e. The van der Waals surface area contributed by atoms with E-state index in [1.807, 2.05) is 38.4 Å². The van der Waals surface area contributed by atoms with Gasteiger partial charge in [0, 0.05) is 24.9 Å². The van der Waals surface area contributed by atoms with E-state index in [0.717, 1.165) is 16.9 Å². The van der Waals surface area contributed by atoms with Gasteiger partial charge in [0.05, 0.1) is 19.3 Å². The zero-order chi connectivity index (χ0) is 21.5. The summed E-state index contributed by atoms with van der Waals surface area (Å²) >= 11 is 0. The molecule has 0 aliphatic rings. The molecule has 0 aliphatic carbocycles. The molecule has 0 bridgehead atoms. The third kappa shape index (κ3) is 5.67. The van der Waals surface area contributed by atoms with Crippen LogP contribution in [0.15, 0.2) is 59.1 Å². The van der Waals surface area contributed by atoms with Crippen LogP contribution in [0.25, 0.3) is 11.3 Å². The second kappa shape index (κ2) is 10.0. The third-order valence-electron chi connectivity index (χ3n) is 4.86. The first-order valence-electron chi connectivity index (χ1n) is 9.74. The van der Waals surface area contributed by atoms with Gasteiger partial charge in [-0.15, -0.1) is 0 Å². The standard InChI is InChI=1S/C23H26FN3O3/c1-27(2)20(16-6-10-19(29-3)11-7-16)14-25-22(28)12-13-23-26-15-21(30-23)17-4-8-18(24)9-5-17/h4-11,15,20H,12-14H2,1-3H3,(H,25,28). The number of benzene rings is 2. The highest BCUT2D eigenvalue weighted by Gasteiger charge is 2.16. The molecule has 7 heteroatoms. The van der Waals surface area contributed by atoms with Crippen molar-refractivity contribution in [2.45, 2.75) is 18.9 Å². The number of halogens is 1. The van der Waals surface area contributed by atoms with Crippen LogP contribution in [0.5, 0.6) is 5.75 Å². The number of aromatic nitrogens is 1. The van der Waals surface area contributed by atoms with E-state index in [0.29, 0.717) is 24.6 Å². The topological polar surface area (TPSA) is 67.6 Å². The number of carbonyl (C=O) groups is 1. The van der Waals surface area contributed by atoms with E-state index in [2.05, 4.69) is 15.2 Å². The predicted molar refractivity (Wildman–Crippen MR) is 113 cm³/mol. The molecule has 0 saturated carbocycles. The summed E-state index contributed by atoms with van der Waals surface area (Å²) < 4.78 is 23.9. The number of methoxy groups -OCH3 is 1. The summed E-state index contributed by atoms with van der Waals surface area (Å²) in [6.45, 7) is 0.491. The van der Waals surface area contributed by atoms with Crippen LogP contribution < -0.4 is 10.1 Å². The van der Waals surface area contributed by atoms with Gasteiger partial charge in [-0.1, -0.05) is 12.1 Å². The molecule has 0 radical (unpaired) electrons. The molecule has 0 aliphatic heterocycles. The van der Waals surface area contributed by atoms with Crippen LogP contribution in [0.1, 0.15) is 23.9 Å². The van der Waals surface area contributed by atoms with Crippen molar-refractivity contribution in [2.75, 3.05) is 27.7 Å². The molecule has 30 heavy (non-hydrogen) atoms. The van der Waals surface area contributed by atoms with E-state index in [1.165, 1.54) is 12.1 Å². The molecule has 1 aromatic heterocycles. The first-order valence-corrected chi connectivity index (χ1v) is 9.74. The number of nitrogens with zero attached hydrogens (tertiary/aromatic N) is 2. The smallest absolute Gasteiger partial charge is 0.220 e. The normalized spacial score (nSPS) is 12.0. The molecule has 0 fully saturated rings. The maximum absolute atomic E-state index is 13.0. The van der Waals surface area contributed by atoms with Gasteiger partial charge in [0.25, 0.3) is 0 Å². The number of oxazole rings is 1. The van der Waals surface area contributed by atoms with Crippen LogP contribution in [0.3, 0.4) is 0 Å². The Hall–Kier alpha value is -3.19. The third-order valence-corrected chi connectivity index (χ3v) is 4.86. The molecule has 0 saturated heterocycles. The maximum atomic E-state index is 13.0. The highest BCUT2D eigenvalue weighted by atomic mass is 19.1. The zero-order valence-corrected chi connectivity index (χ0v) is 17.4. The number of hydrogen-bond acceptors (Lipinski definition) is 5. The average Bonchev–Trinajstić information content (AvgIpc) is 3.22. The molecule has 158 valence electrons. The molecule has 1 atom stereocenters. The highest BCUT2D eigenvalue weighted by molar-refractivity contribution is 5.76. The summed E-state index contributed by atoms with van der Waals surface area (Å²) in [5.41, 5.74) is 1.84. The zero-order valence-electron chi connectivity index (χ0n) is 17.4. The number of amides is 1. The van der Waals surface area contributed by atoms with Gasteiger partial charge in [0.2, 0.25) is 5.91 Å². The monoisotopic (exact) mass is 411 g/mol. The van der Waals surface area contributed by atoms with Gasteiger partial charge in [-0.25, -0.2) is 9.37 Å². The molecule has 0 spiro atoms. The maximum Gasteiger partial charge on any atom is 0.220 e. The first-order chi connectivity index (χ1) is 14.5. The molecule has 1 amide bonds. The number of likely N-dealkylation sites (N-methyl/N-ethyl adjacent to an activating group) is 1. The molecule has 6 nitrogen and oxygen atoms in total. The van der Waals surface area contributed by atoms with Crippen LogP contribution in [-0.4, -0.2) is 43.5 Å². The molecular weight excluding hydrogens is 385 g/mol. The molecule has 3 rings (SSSR count). The lowest BCUT2D eigenvalue weighted by Crippen LogP contribution is -2.34. The summed E-state index contributed by atoms with van der Waals surface area (Å²) in [5.74, 6) is 1.45. The SMILES string of the molecule is COc1ccc(C(CNC(=O)CCc2ncc(-c3ccc(F)cc3)o2)N(C)C)cc1.